The zero-order valence-corrected chi connectivity index (χ0v) is 15.9. The Bertz CT molecular complexity index is 653. The third-order valence-electron chi connectivity index (χ3n) is 6.19. The summed E-state index contributed by atoms with van der Waals surface area (Å²) in [5, 5.41) is 0. The van der Waals surface area contributed by atoms with Crippen molar-refractivity contribution in [1.82, 2.24) is 0 Å². The molecule has 1 fully saturated rings. The summed E-state index contributed by atoms with van der Waals surface area (Å²) in [7, 11) is 0. The molecule has 1 saturated carbocycles. The smallest absolute Gasteiger partial charge is 0 e. The van der Waals surface area contributed by atoms with Gasteiger partial charge in [0.15, 0.2) is 0 Å². The van der Waals surface area contributed by atoms with Crippen molar-refractivity contribution in [3.05, 3.63) is 58.7 Å². The summed E-state index contributed by atoms with van der Waals surface area (Å²) >= 11 is 0. The fraction of sp³-hybridized carbons (Fsp3) is 0.500. The SMILES string of the molecule is Cc1cc(-c2ccc(CCC3CCC(C)CC3)cc2)cc(C)c1C.[HH]. The van der Waals surface area contributed by atoms with Crippen LogP contribution in [0.4, 0.5) is 0 Å². The van der Waals surface area contributed by atoms with E-state index in [2.05, 4.69) is 64.1 Å². The van der Waals surface area contributed by atoms with Gasteiger partial charge in [-0.05, 0) is 78.8 Å². The Morgan fingerprint density at radius 1 is 0.833 bits per heavy atom. The van der Waals surface area contributed by atoms with Gasteiger partial charge in [-0.25, -0.2) is 0 Å². The van der Waals surface area contributed by atoms with Gasteiger partial charge in [0.25, 0.3) is 0 Å². The number of benzene rings is 2. The molecule has 0 aromatic heterocycles. The van der Waals surface area contributed by atoms with E-state index in [9.17, 15) is 0 Å². The normalized spacial score (nSPS) is 21.0. The third kappa shape index (κ3) is 4.09. The first kappa shape index (κ1) is 17.3. The molecule has 0 radical (unpaired) electrons. The largest absolute Gasteiger partial charge is 0.0625 e. The maximum absolute atomic E-state index is 2.41. The van der Waals surface area contributed by atoms with Crippen LogP contribution in [-0.2, 0) is 6.42 Å². The van der Waals surface area contributed by atoms with E-state index in [-0.39, 0.29) is 1.43 Å². The van der Waals surface area contributed by atoms with Gasteiger partial charge in [-0.3, -0.25) is 0 Å². The molecule has 0 heterocycles. The van der Waals surface area contributed by atoms with Crippen LogP contribution >= 0.6 is 0 Å². The number of aryl methyl sites for hydroxylation is 3. The molecule has 0 bridgehead atoms. The van der Waals surface area contributed by atoms with Crippen molar-refractivity contribution >= 4 is 0 Å². The van der Waals surface area contributed by atoms with Crippen LogP contribution in [0.25, 0.3) is 11.1 Å². The third-order valence-corrected chi connectivity index (χ3v) is 6.19. The molecule has 0 amide bonds. The van der Waals surface area contributed by atoms with Gasteiger partial charge >= 0.3 is 0 Å². The van der Waals surface area contributed by atoms with Crippen LogP contribution in [-0.4, -0.2) is 0 Å². The first-order valence-electron chi connectivity index (χ1n) is 9.70. The topological polar surface area (TPSA) is 0 Å². The molecule has 24 heavy (non-hydrogen) atoms. The number of hydrogen-bond acceptors (Lipinski definition) is 0. The van der Waals surface area contributed by atoms with E-state index >= 15 is 0 Å². The second kappa shape index (κ2) is 7.55. The second-order valence-corrected chi connectivity index (χ2v) is 8.10. The van der Waals surface area contributed by atoms with Crippen LogP contribution in [0.15, 0.2) is 36.4 Å². The highest BCUT2D eigenvalue weighted by molar-refractivity contribution is 5.66. The summed E-state index contributed by atoms with van der Waals surface area (Å²) in [6, 6.07) is 13.9. The highest BCUT2D eigenvalue weighted by atomic mass is 14.2. The van der Waals surface area contributed by atoms with Crippen molar-refractivity contribution < 1.29 is 1.43 Å². The summed E-state index contributed by atoms with van der Waals surface area (Å²) in [5.74, 6) is 1.92. The Labute approximate surface area is 149 Å². The molecule has 0 aliphatic heterocycles. The van der Waals surface area contributed by atoms with Gasteiger partial charge in [-0.1, -0.05) is 69.0 Å². The minimum absolute atomic E-state index is 0. The molecule has 2 aromatic carbocycles. The van der Waals surface area contributed by atoms with E-state index in [0.717, 1.165) is 11.8 Å². The first-order chi connectivity index (χ1) is 11.5. The molecule has 3 rings (SSSR count). The molecule has 0 N–H and O–H groups in total. The van der Waals surface area contributed by atoms with E-state index in [1.165, 1.54) is 71.9 Å². The van der Waals surface area contributed by atoms with E-state index in [0.29, 0.717) is 0 Å². The van der Waals surface area contributed by atoms with E-state index in [1.807, 2.05) is 0 Å². The molecular weight excluding hydrogens is 288 g/mol. The summed E-state index contributed by atoms with van der Waals surface area (Å²) in [6.45, 7) is 9.05. The van der Waals surface area contributed by atoms with Crippen LogP contribution in [0.5, 0.6) is 0 Å². The van der Waals surface area contributed by atoms with Crippen LogP contribution in [0, 0.1) is 32.6 Å². The Morgan fingerprint density at radius 3 is 2.00 bits per heavy atom. The lowest BCUT2D eigenvalue weighted by Crippen LogP contribution is -2.12. The average Bonchev–Trinajstić information content (AvgIpc) is 2.59. The van der Waals surface area contributed by atoms with E-state index in [1.54, 1.807) is 0 Å². The van der Waals surface area contributed by atoms with Gasteiger partial charge in [-0.2, -0.15) is 0 Å². The molecule has 130 valence electrons. The van der Waals surface area contributed by atoms with Crippen LogP contribution in [0.3, 0.4) is 0 Å². The quantitative estimate of drug-likeness (QED) is 0.554. The fourth-order valence-corrected chi connectivity index (χ4v) is 4.05. The predicted molar refractivity (Wildman–Crippen MR) is 108 cm³/mol. The predicted octanol–water partition coefficient (Wildman–Crippen LogP) is 7.28. The Hall–Kier alpha value is -1.56. The number of rotatable bonds is 4. The zero-order chi connectivity index (χ0) is 17.1. The maximum Gasteiger partial charge on any atom is 0 e. The van der Waals surface area contributed by atoms with Gasteiger partial charge < -0.3 is 0 Å². The first-order valence-corrected chi connectivity index (χ1v) is 9.70. The second-order valence-electron chi connectivity index (χ2n) is 8.10. The van der Waals surface area contributed by atoms with Crippen molar-refractivity contribution in [2.24, 2.45) is 11.8 Å². The molecule has 1 aliphatic carbocycles. The summed E-state index contributed by atoms with van der Waals surface area (Å²) in [5.41, 5.74) is 8.39. The van der Waals surface area contributed by atoms with Gasteiger partial charge in [-0.15, -0.1) is 0 Å². The molecule has 1 aliphatic rings. The van der Waals surface area contributed by atoms with Crippen LogP contribution in [0.2, 0.25) is 0 Å². The molecule has 0 saturated heterocycles. The van der Waals surface area contributed by atoms with Crippen LogP contribution in [0.1, 0.15) is 62.7 Å². The lowest BCUT2D eigenvalue weighted by atomic mass is 9.80. The highest BCUT2D eigenvalue weighted by Gasteiger charge is 2.17. The summed E-state index contributed by atoms with van der Waals surface area (Å²) in [4.78, 5) is 0. The van der Waals surface area contributed by atoms with Crippen LogP contribution < -0.4 is 0 Å². The molecule has 0 unspecified atom stereocenters. The molecule has 0 nitrogen and oxygen atoms in total. The van der Waals surface area contributed by atoms with Gasteiger partial charge in [0, 0.05) is 1.43 Å². The lowest BCUT2D eigenvalue weighted by molar-refractivity contribution is 0.278. The minimum Gasteiger partial charge on any atom is -0.0625 e. The lowest BCUT2D eigenvalue weighted by Gasteiger charge is -2.26. The Balaban J connectivity index is 0.00000225. The van der Waals surface area contributed by atoms with Crippen molar-refractivity contribution in [3.63, 3.8) is 0 Å². The van der Waals surface area contributed by atoms with Crippen molar-refractivity contribution in [3.8, 4) is 11.1 Å². The zero-order valence-electron chi connectivity index (χ0n) is 15.9. The minimum atomic E-state index is 0. The van der Waals surface area contributed by atoms with Crippen molar-refractivity contribution in [1.29, 1.82) is 0 Å². The van der Waals surface area contributed by atoms with E-state index in [4.69, 9.17) is 0 Å². The van der Waals surface area contributed by atoms with Crippen molar-refractivity contribution in [2.45, 2.75) is 66.2 Å². The number of hydrogen-bond donors (Lipinski definition) is 0. The molecular formula is C24H34. The van der Waals surface area contributed by atoms with Gasteiger partial charge in [0.1, 0.15) is 0 Å². The Kier molecular flexibility index (Phi) is 5.43. The van der Waals surface area contributed by atoms with E-state index < -0.39 is 0 Å². The molecule has 0 atom stereocenters. The standard InChI is InChI=1S/C24H32.H2/c1-17-5-7-21(8-6-17)9-10-22-11-13-23(14-12-22)24-15-18(2)20(4)19(3)16-24;/h11-17,21H,5-10H2,1-4H3;1H. The molecule has 2 aromatic rings. The molecule has 0 spiro atoms. The van der Waals surface area contributed by atoms with Gasteiger partial charge in [0.05, 0.1) is 0 Å². The monoisotopic (exact) mass is 322 g/mol. The van der Waals surface area contributed by atoms with Crippen molar-refractivity contribution in [2.75, 3.05) is 0 Å². The molecule has 0 heteroatoms. The summed E-state index contributed by atoms with van der Waals surface area (Å²) < 4.78 is 0. The fourth-order valence-electron chi connectivity index (χ4n) is 4.05. The highest BCUT2D eigenvalue weighted by Crippen LogP contribution is 2.31. The Morgan fingerprint density at radius 2 is 1.42 bits per heavy atom. The maximum atomic E-state index is 2.41. The average molecular weight is 323 g/mol. The van der Waals surface area contributed by atoms with Gasteiger partial charge in [0.2, 0.25) is 0 Å². The summed E-state index contributed by atoms with van der Waals surface area (Å²) in [6.07, 6.45) is 8.38.